The number of nitrogens with one attached hydrogen (secondary N) is 1. The number of anilines is 1. The van der Waals surface area contributed by atoms with Gasteiger partial charge in [0.15, 0.2) is 5.65 Å². The van der Waals surface area contributed by atoms with Crippen molar-refractivity contribution in [1.29, 1.82) is 0 Å². The van der Waals surface area contributed by atoms with E-state index < -0.39 is 53.8 Å². The molecule has 10 heteroatoms. The number of amides is 1. The highest BCUT2D eigenvalue weighted by atomic mass is 19.1. The van der Waals surface area contributed by atoms with E-state index in [1.165, 1.54) is 41.0 Å². The molecule has 2 aromatic heterocycles. The van der Waals surface area contributed by atoms with Crippen LogP contribution in [0.25, 0.3) is 16.8 Å². The van der Waals surface area contributed by atoms with Crippen LogP contribution in [-0.2, 0) is 5.60 Å². The lowest BCUT2D eigenvalue weighted by Gasteiger charge is -2.28. The van der Waals surface area contributed by atoms with E-state index in [0.29, 0.717) is 5.65 Å². The van der Waals surface area contributed by atoms with Gasteiger partial charge in [-0.15, -0.1) is 5.10 Å². The third-order valence-corrected chi connectivity index (χ3v) is 5.51. The third-order valence-electron chi connectivity index (χ3n) is 5.51. The number of pyridine rings is 1. The zero-order valence-electron chi connectivity index (χ0n) is 20.9. The van der Waals surface area contributed by atoms with E-state index in [4.69, 9.17) is 9.85 Å². The molecule has 2 atom stereocenters. The fourth-order valence-electron chi connectivity index (χ4n) is 3.52. The molecular formula is C24H22F3N5O2. The number of nitrogens with zero attached hydrogens (tertiary/aromatic N) is 3. The van der Waals surface area contributed by atoms with Gasteiger partial charge in [0.2, 0.25) is 5.95 Å². The second-order valence-corrected chi connectivity index (χ2v) is 7.87. The minimum Gasteiger partial charge on any atom is -0.382 e. The molecule has 0 bridgehead atoms. The molecule has 0 saturated carbocycles. The molecule has 2 heterocycles. The van der Waals surface area contributed by atoms with Crippen molar-refractivity contribution in [2.75, 3.05) is 12.3 Å². The first-order valence-electron chi connectivity index (χ1n) is 11.6. The lowest BCUT2D eigenvalue weighted by atomic mass is 9.91. The van der Waals surface area contributed by atoms with Crippen molar-refractivity contribution in [2.24, 2.45) is 0 Å². The standard InChI is InChI=1S/C24H22F3N5O2/c1-13-3-8-17(14-9-10-32-19(11-14)30-23(28)31-32)21(27)20(13)22(33)29-12-18(26)24(2,34)15-4-6-16(25)7-5-15/h3-11,18,34H,12H2,1-2H3,(H2,28,31)(H,29,33)/t18-,24+/m1/s1/i1D3. The summed E-state index contributed by atoms with van der Waals surface area (Å²) in [4.78, 5) is 17.0. The van der Waals surface area contributed by atoms with Gasteiger partial charge in [0.1, 0.15) is 23.4 Å². The van der Waals surface area contributed by atoms with E-state index in [0.717, 1.165) is 25.1 Å². The van der Waals surface area contributed by atoms with E-state index in [9.17, 15) is 18.7 Å². The molecule has 176 valence electrons. The van der Waals surface area contributed by atoms with E-state index >= 15 is 4.39 Å². The van der Waals surface area contributed by atoms with E-state index in [1.807, 2.05) is 0 Å². The Labute approximate surface area is 197 Å². The lowest BCUT2D eigenvalue weighted by Crippen LogP contribution is -2.42. The second kappa shape index (κ2) is 8.79. The third kappa shape index (κ3) is 4.32. The monoisotopic (exact) mass is 472 g/mol. The Balaban J connectivity index is 1.66. The molecule has 34 heavy (non-hydrogen) atoms. The maximum atomic E-state index is 15.7. The molecule has 0 saturated heterocycles. The van der Waals surface area contributed by atoms with Crippen molar-refractivity contribution in [3.63, 3.8) is 0 Å². The first-order valence-corrected chi connectivity index (χ1v) is 10.1. The Kier molecular flexibility index (Phi) is 5.05. The number of aryl methyl sites for hydroxylation is 1. The number of hydrogen-bond acceptors (Lipinski definition) is 5. The van der Waals surface area contributed by atoms with Crippen LogP contribution in [0.15, 0.2) is 54.7 Å². The topological polar surface area (TPSA) is 106 Å². The van der Waals surface area contributed by atoms with E-state index in [1.54, 1.807) is 0 Å². The van der Waals surface area contributed by atoms with Crippen LogP contribution in [0.5, 0.6) is 0 Å². The maximum Gasteiger partial charge on any atom is 0.254 e. The fraction of sp³-hybridized carbons (Fsp3) is 0.208. The van der Waals surface area contributed by atoms with Crippen LogP contribution in [-0.4, -0.2) is 38.3 Å². The van der Waals surface area contributed by atoms with Crippen LogP contribution in [0.4, 0.5) is 19.1 Å². The number of alkyl halides is 1. The molecule has 2 aromatic carbocycles. The minimum absolute atomic E-state index is 0.00673. The van der Waals surface area contributed by atoms with E-state index in [-0.39, 0.29) is 22.6 Å². The van der Waals surface area contributed by atoms with Crippen LogP contribution in [0.1, 0.15) is 32.5 Å². The average Bonchev–Trinajstić information content (AvgIpc) is 3.20. The summed E-state index contributed by atoms with van der Waals surface area (Å²) >= 11 is 0. The number of benzene rings is 2. The van der Waals surface area contributed by atoms with Crippen LogP contribution >= 0.6 is 0 Å². The number of hydrogen-bond donors (Lipinski definition) is 3. The van der Waals surface area contributed by atoms with E-state index in [2.05, 4.69) is 15.4 Å². The van der Waals surface area contributed by atoms with Gasteiger partial charge in [0, 0.05) is 15.9 Å². The Bertz CT molecular complexity index is 1470. The first kappa shape index (κ1) is 19.5. The summed E-state index contributed by atoms with van der Waals surface area (Å²) in [5.74, 6) is -2.91. The quantitative estimate of drug-likeness (QED) is 0.398. The van der Waals surface area contributed by atoms with Gasteiger partial charge in [-0.2, -0.15) is 4.98 Å². The Morgan fingerprint density at radius 1 is 1.26 bits per heavy atom. The van der Waals surface area contributed by atoms with Crippen molar-refractivity contribution in [3.8, 4) is 11.1 Å². The van der Waals surface area contributed by atoms with Crippen molar-refractivity contribution in [2.45, 2.75) is 25.5 Å². The largest absolute Gasteiger partial charge is 0.382 e. The Hall–Kier alpha value is -3.92. The van der Waals surface area contributed by atoms with Gasteiger partial charge in [-0.1, -0.05) is 24.3 Å². The number of fused-ring (bicyclic) bond motifs is 1. The summed E-state index contributed by atoms with van der Waals surface area (Å²) in [7, 11) is 0. The van der Waals surface area contributed by atoms with Crippen LogP contribution in [0.3, 0.4) is 0 Å². The molecule has 0 aliphatic heterocycles. The van der Waals surface area contributed by atoms with Crippen molar-refractivity contribution < 1.29 is 27.2 Å². The lowest BCUT2D eigenvalue weighted by molar-refractivity contribution is -0.0229. The summed E-state index contributed by atoms with van der Waals surface area (Å²) in [6, 6.07) is 9.73. The minimum atomic E-state index is -2.85. The number of nitrogen functional groups attached to an aromatic ring is 1. The molecular weight excluding hydrogens is 447 g/mol. The number of carbonyl (C=O) groups excluding carboxylic acids is 1. The number of nitrogens with two attached hydrogens (primary N) is 1. The normalized spacial score (nSPS) is 15.7. The van der Waals surface area contributed by atoms with Crippen molar-refractivity contribution >= 4 is 17.5 Å². The highest BCUT2D eigenvalue weighted by Gasteiger charge is 2.34. The van der Waals surface area contributed by atoms with Gasteiger partial charge in [-0.3, -0.25) is 4.79 Å². The predicted molar refractivity (Wildman–Crippen MR) is 121 cm³/mol. The zero-order chi connectivity index (χ0) is 27.1. The fourth-order valence-corrected chi connectivity index (χ4v) is 3.52. The molecule has 0 spiro atoms. The molecule has 1 amide bonds. The summed E-state index contributed by atoms with van der Waals surface area (Å²) in [6.45, 7) is -2.50. The van der Waals surface area contributed by atoms with Gasteiger partial charge >= 0.3 is 0 Å². The molecule has 7 nitrogen and oxygen atoms in total. The van der Waals surface area contributed by atoms with Gasteiger partial charge in [0.05, 0.1) is 12.1 Å². The molecule has 0 fully saturated rings. The van der Waals surface area contributed by atoms with Crippen LogP contribution in [0.2, 0.25) is 0 Å². The molecule has 0 radical (unpaired) electrons. The summed E-state index contributed by atoms with van der Waals surface area (Å²) in [5, 5.41) is 16.7. The first-order chi connectivity index (χ1) is 17.3. The van der Waals surface area contributed by atoms with Crippen molar-refractivity contribution in [3.05, 3.63) is 83.1 Å². The zero-order valence-corrected chi connectivity index (χ0v) is 17.9. The molecule has 0 aliphatic carbocycles. The van der Waals surface area contributed by atoms with Crippen molar-refractivity contribution in [1.82, 2.24) is 19.9 Å². The Morgan fingerprint density at radius 3 is 2.71 bits per heavy atom. The SMILES string of the molecule is [2H]C([2H])([2H])c1ccc(-c2ccn3nc(N)nc3c2)c(F)c1C(=O)NC[C@@H](F)[C@@](C)(O)c1ccc(F)cc1. The van der Waals surface area contributed by atoms with Crippen LogP contribution < -0.4 is 11.1 Å². The number of carbonyl (C=O) groups is 1. The highest BCUT2D eigenvalue weighted by Crippen LogP contribution is 2.29. The second-order valence-electron chi connectivity index (χ2n) is 7.87. The van der Waals surface area contributed by atoms with Gasteiger partial charge in [-0.05, 0) is 54.7 Å². The van der Waals surface area contributed by atoms with Gasteiger partial charge in [-0.25, -0.2) is 17.7 Å². The number of halogens is 3. The van der Waals surface area contributed by atoms with Gasteiger partial charge in [0.25, 0.3) is 5.91 Å². The molecule has 0 unspecified atom stereocenters. The predicted octanol–water partition coefficient (Wildman–Crippen LogP) is 3.54. The smallest absolute Gasteiger partial charge is 0.254 e. The summed E-state index contributed by atoms with van der Waals surface area (Å²) < 4.78 is 68.5. The average molecular weight is 472 g/mol. The number of aliphatic hydroxyl groups is 1. The molecule has 4 aromatic rings. The maximum absolute atomic E-state index is 15.7. The number of rotatable bonds is 6. The number of aromatic nitrogens is 3. The molecule has 0 aliphatic rings. The molecule has 4 rings (SSSR count). The Morgan fingerprint density at radius 2 is 2.00 bits per heavy atom. The molecule has 4 N–H and O–H groups in total. The van der Waals surface area contributed by atoms with Gasteiger partial charge < -0.3 is 16.2 Å². The highest BCUT2D eigenvalue weighted by molar-refractivity contribution is 5.97. The summed E-state index contributed by atoms with van der Waals surface area (Å²) in [6.07, 6.45) is -0.624. The van der Waals surface area contributed by atoms with Crippen LogP contribution in [0, 0.1) is 18.5 Å². The summed E-state index contributed by atoms with van der Waals surface area (Å²) in [5.41, 5.74) is 2.62.